The molecule has 1 heterocycles. The largest absolute Gasteiger partial charge is 0.350 e. The first kappa shape index (κ1) is 13.1. The number of rotatable bonds is 3. The summed E-state index contributed by atoms with van der Waals surface area (Å²) in [4.78, 5) is 25.4. The molecule has 0 spiro atoms. The molecule has 0 saturated heterocycles. The highest BCUT2D eigenvalue weighted by molar-refractivity contribution is 6.20. The van der Waals surface area contributed by atoms with E-state index < -0.39 is 0 Å². The fourth-order valence-electron chi connectivity index (χ4n) is 2.24. The maximum absolute atomic E-state index is 11.8. The van der Waals surface area contributed by atoms with Crippen molar-refractivity contribution in [3.63, 3.8) is 0 Å². The molecule has 1 saturated carbocycles. The third kappa shape index (κ3) is 3.60. The van der Waals surface area contributed by atoms with Crippen LogP contribution in [0.15, 0.2) is 23.0 Å². The van der Waals surface area contributed by atoms with Crippen LogP contribution in [0.1, 0.15) is 36.2 Å². The smallest absolute Gasteiger partial charge is 0.267 e. The normalized spacial score (nSPS) is 23.6. The fourth-order valence-corrected chi connectivity index (χ4v) is 2.49. The molecule has 98 valence electrons. The molecule has 1 aromatic rings. The first-order valence-corrected chi connectivity index (χ1v) is 6.70. The summed E-state index contributed by atoms with van der Waals surface area (Å²) >= 11 is 6.03. The number of H-pyrrole nitrogens is 1. The molecule has 0 aliphatic heterocycles. The number of alkyl halides is 1. The zero-order valence-corrected chi connectivity index (χ0v) is 10.9. The van der Waals surface area contributed by atoms with Gasteiger partial charge < -0.3 is 10.3 Å². The maximum Gasteiger partial charge on any atom is 0.267 e. The van der Waals surface area contributed by atoms with E-state index in [9.17, 15) is 9.59 Å². The number of amides is 1. The second-order valence-electron chi connectivity index (χ2n) is 4.76. The molecule has 2 N–H and O–H groups in total. The Morgan fingerprint density at radius 2 is 2.06 bits per heavy atom. The van der Waals surface area contributed by atoms with Crippen molar-refractivity contribution >= 4 is 17.5 Å². The fraction of sp³-hybridized carbons (Fsp3) is 0.538. The van der Waals surface area contributed by atoms with Crippen molar-refractivity contribution in [1.82, 2.24) is 10.3 Å². The number of aromatic nitrogens is 1. The van der Waals surface area contributed by atoms with Gasteiger partial charge in [-0.1, -0.05) is 6.07 Å². The quantitative estimate of drug-likeness (QED) is 0.823. The highest BCUT2D eigenvalue weighted by Crippen LogP contribution is 2.26. The summed E-state index contributed by atoms with van der Waals surface area (Å²) in [5.41, 5.74) is 0.0545. The number of hydrogen-bond acceptors (Lipinski definition) is 2. The van der Waals surface area contributed by atoms with Gasteiger partial charge in [0.15, 0.2) is 0 Å². The molecule has 1 aromatic heterocycles. The van der Waals surface area contributed by atoms with Crippen molar-refractivity contribution in [3.05, 3.63) is 34.2 Å². The van der Waals surface area contributed by atoms with E-state index >= 15 is 0 Å². The van der Waals surface area contributed by atoms with E-state index in [1.807, 2.05) is 0 Å². The van der Waals surface area contributed by atoms with Gasteiger partial charge in [0.2, 0.25) is 5.56 Å². The Hall–Kier alpha value is -1.29. The van der Waals surface area contributed by atoms with Crippen molar-refractivity contribution < 1.29 is 4.79 Å². The van der Waals surface area contributed by atoms with Crippen LogP contribution in [0.5, 0.6) is 0 Å². The first-order chi connectivity index (χ1) is 8.65. The number of carbonyl (C=O) groups is 1. The molecule has 5 heteroatoms. The lowest BCUT2D eigenvalue weighted by Crippen LogP contribution is -2.32. The predicted octanol–water partition coefficient (Wildman–Crippen LogP) is 1.90. The Kier molecular flexibility index (Phi) is 4.42. The molecule has 0 aromatic carbocycles. The molecule has 1 aliphatic rings. The van der Waals surface area contributed by atoms with Gasteiger partial charge in [-0.05, 0) is 37.7 Å². The minimum atomic E-state index is -0.259. The molecule has 0 unspecified atom stereocenters. The van der Waals surface area contributed by atoms with Gasteiger partial charge in [-0.15, -0.1) is 11.6 Å². The van der Waals surface area contributed by atoms with Crippen molar-refractivity contribution in [2.24, 2.45) is 5.92 Å². The lowest BCUT2D eigenvalue weighted by Gasteiger charge is -2.24. The average Bonchev–Trinajstić information content (AvgIpc) is 2.38. The molecular formula is C13H17ClN2O2. The van der Waals surface area contributed by atoms with Gasteiger partial charge in [0.1, 0.15) is 5.69 Å². The van der Waals surface area contributed by atoms with E-state index in [0.29, 0.717) is 23.5 Å². The van der Waals surface area contributed by atoms with Crippen LogP contribution in [0.2, 0.25) is 0 Å². The van der Waals surface area contributed by atoms with Crippen molar-refractivity contribution in [2.75, 3.05) is 6.54 Å². The van der Waals surface area contributed by atoms with Crippen LogP contribution in [0, 0.1) is 5.92 Å². The second-order valence-corrected chi connectivity index (χ2v) is 5.37. The van der Waals surface area contributed by atoms with Crippen LogP contribution in [-0.4, -0.2) is 22.8 Å². The molecule has 0 bridgehead atoms. The van der Waals surface area contributed by atoms with Crippen LogP contribution in [0.4, 0.5) is 0 Å². The third-order valence-electron chi connectivity index (χ3n) is 3.34. The van der Waals surface area contributed by atoms with Gasteiger partial charge in [0.25, 0.3) is 5.91 Å². The minimum absolute atomic E-state index is 0.222. The summed E-state index contributed by atoms with van der Waals surface area (Å²) in [6, 6.07) is 4.57. The van der Waals surface area contributed by atoms with Crippen LogP contribution in [0.3, 0.4) is 0 Å². The lowest BCUT2D eigenvalue weighted by molar-refractivity contribution is 0.0938. The topological polar surface area (TPSA) is 62.0 Å². The summed E-state index contributed by atoms with van der Waals surface area (Å²) in [7, 11) is 0. The number of halogens is 1. The van der Waals surface area contributed by atoms with E-state index in [4.69, 9.17) is 11.6 Å². The van der Waals surface area contributed by atoms with Crippen LogP contribution in [0.25, 0.3) is 0 Å². The summed E-state index contributed by atoms with van der Waals surface area (Å²) in [6.45, 7) is 0.652. The van der Waals surface area contributed by atoms with Crippen LogP contribution >= 0.6 is 11.6 Å². The number of nitrogens with one attached hydrogen (secondary N) is 2. The van der Waals surface area contributed by atoms with Gasteiger partial charge in [-0.25, -0.2) is 0 Å². The van der Waals surface area contributed by atoms with E-state index in [-0.39, 0.29) is 11.5 Å². The standard InChI is InChI=1S/C13H17ClN2O2/c14-10-6-4-9(5-7-10)8-15-13(18)11-2-1-3-12(17)16-11/h1-3,9-10H,4-8H2,(H,15,18)(H,16,17). The summed E-state index contributed by atoms with van der Waals surface area (Å²) < 4.78 is 0. The van der Waals surface area contributed by atoms with Crippen molar-refractivity contribution in [1.29, 1.82) is 0 Å². The van der Waals surface area contributed by atoms with Gasteiger partial charge in [0, 0.05) is 18.0 Å². The van der Waals surface area contributed by atoms with Crippen molar-refractivity contribution in [2.45, 2.75) is 31.1 Å². The molecule has 0 radical (unpaired) electrons. The number of hydrogen-bond donors (Lipinski definition) is 2. The Balaban J connectivity index is 1.83. The molecule has 4 nitrogen and oxygen atoms in total. The molecule has 1 aliphatic carbocycles. The summed E-state index contributed by atoms with van der Waals surface area (Å²) in [5, 5.41) is 3.15. The molecular weight excluding hydrogens is 252 g/mol. The average molecular weight is 269 g/mol. The van der Waals surface area contributed by atoms with Crippen LogP contribution < -0.4 is 10.9 Å². The summed E-state index contributed by atoms with van der Waals surface area (Å²) in [6.07, 6.45) is 4.15. The predicted molar refractivity (Wildman–Crippen MR) is 71.0 cm³/mol. The SMILES string of the molecule is O=C(NCC1CCC(Cl)CC1)c1cccc(=O)[nH]1. The van der Waals surface area contributed by atoms with Gasteiger partial charge >= 0.3 is 0 Å². The zero-order valence-electron chi connectivity index (χ0n) is 10.1. The highest BCUT2D eigenvalue weighted by Gasteiger charge is 2.20. The Labute approximate surface area is 111 Å². The maximum atomic E-state index is 11.8. The molecule has 1 amide bonds. The molecule has 18 heavy (non-hydrogen) atoms. The van der Waals surface area contributed by atoms with E-state index in [0.717, 1.165) is 25.7 Å². The Bertz CT molecular complexity index is 464. The monoisotopic (exact) mass is 268 g/mol. The van der Waals surface area contributed by atoms with E-state index in [1.165, 1.54) is 6.07 Å². The zero-order chi connectivity index (χ0) is 13.0. The van der Waals surface area contributed by atoms with E-state index in [2.05, 4.69) is 10.3 Å². The summed E-state index contributed by atoms with van der Waals surface area (Å²) in [5.74, 6) is 0.278. The Morgan fingerprint density at radius 1 is 1.33 bits per heavy atom. The molecule has 2 rings (SSSR count). The number of pyridine rings is 1. The van der Waals surface area contributed by atoms with Gasteiger partial charge in [-0.3, -0.25) is 9.59 Å². The van der Waals surface area contributed by atoms with Gasteiger partial charge in [0.05, 0.1) is 0 Å². The molecule has 1 fully saturated rings. The highest BCUT2D eigenvalue weighted by atomic mass is 35.5. The third-order valence-corrected chi connectivity index (χ3v) is 3.78. The van der Waals surface area contributed by atoms with Crippen molar-refractivity contribution in [3.8, 4) is 0 Å². The lowest BCUT2D eigenvalue weighted by atomic mass is 9.89. The molecule has 0 atom stereocenters. The van der Waals surface area contributed by atoms with Crippen LogP contribution in [-0.2, 0) is 0 Å². The van der Waals surface area contributed by atoms with E-state index in [1.54, 1.807) is 12.1 Å². The number of aromatic amines is 1. The number of carbonyl (C=O) groups excluding carboxylic acids is 1. The second kappa shape index (κ2) is 6.05. The first-order valence-electron chi connectivity index (χ1n) is 6.27. The minimum Gasteiger partial charge on any atom is -0.350 e. The van der Waals surface area contributed by atoms with Gasteiger partial charge in [-0.2, -0.15) is 0 Å². The Morgan fingerprint density at radius 3 is 2.72 bits per heavy atom.